The Balaban J connectivity index is 2.40. The predicted octanol–water partition coefficient (Wildman–Crippen LogP) is -0.511. The maximum absolute atomic E-state index is 11.1. The Morgan fingerprint density at radius 2 is 2.31 bits per heavy atom. The Morgan fingerprint density at radius 1 is 1.62 bits per heavy atom. The van der Waals surface area contributed by atoms with Gasteiger partial charge in [0.2, 0.25) is 5.91 Å². The van der Waals surface area contributed by atoms with E-state index in [2.05, 4.69) is 9.50 Å². The van der Waals surface area contributed by atoms with E-state index in [1.54, 1.807) is 0 Å². The molecule has 0 spiro atoms. The highest BCUT2D eigenvalue weighted by Crippen LogP contribution is 2.12. The minimum Gasteiger partial charge on any atom is -0.356 e. The number of nitrogens with one attached hydrogen (secondary N) is 1. The van der Waals surface area contributed by atoms with Crippen LogP contribution < -0.4 is 5.32 Å². The number of hydrogen-bond donors (Lipinski definition) is 1. The van der Waals surface area contributed by atoms with Crippen molar-refractivity contribution in [1.29, 1.82) is 0 Å². The summed E-state index contributed by atoms with van der Waals surface area (Å²) in [5.74, 6) is -0.432. The molecule has 1 amide bonds. The lowest BCUT2D eigenvalue weighted by Crippen LogP contribution is -2.38. The molecule has 1 aliphatic heterocycles. The third-order valence-electron chi connectivity index (χ3n) is 1.88. The molecular weight excluding hydrogens is 194 g/mol. The van der Waals surface area contributed by atoms with Crippen molar-refractivity contribution in [3.05, 3.63) is 0 Å². The first kappa shape index (κ1) is 10.5. The topological polar surface area (TPSA) is 72.5 Å². The Labute approximate surface area is 77.6 Å². The van der Waals surface area contributed by atoms with Gasteiger partial charge in [0.15, 0.2) is 0 Å². The molecule has 13 heavy (non-hydrogen) atoms. The van der Waals surface area contributed by atoms with E-state index in [4.69, 9.17) is 0 Å². The van der Waals surface area contributed by atoms with Crippen LogP contribution in [0, 0.1) is 5.92 Å². The standard InChI is InChI=1S/C7H13NO4S/c1-13(10,11)12-5-6-3-2-4-8-7(6)9/h6H,2-5H2,1H3,(H,8,9)/t6-/m1/s1. The molecule has 6 heteroatoms. The number of piperidine rings is 1. The van der Waals surface area contributed by atoms with E-state index in [9.17, 15) is 13.2 Å². The van der Waals surface area contributed by atoms with E-state index in [0.29, 0.717) is 13.0 Å². The molecular formula is C7H13NO4S. The van der Waals surface area contributed by atoms with Crippen LogP contribution in [0.2, 0.25) is 0 Å². The molecule has 0 aromatic rings. The minimum atomic E-state index is -3.43. The van der Waals surface area contributed by atoms with Gasteiger partial charge in [-0.3, -0.25) is 8.98 Å². The second-order valence-corrected chi connectivity index (χ2v) is 4.76. The fraction of sp³-hybridized carbons (Fsp3) is 0.857. The SMILES string of the molecule is CS(=O)(=O)OC[C@H]1CCCNC1=O. The van der Waals surface area contributed by atoms with E-state index >= 15 is 0 Å². The smallest absolute Gasteiger partial charge is 0.264 e. The first-order chi connectivity index (χ1) is 5.99. The highest BCUT2D eigenvalue weighted by molar-refractivity contribution is 7.85. The molecule has 1 fully saturated rings. The summed E-state index contributed by atoms with van der Waals surface area (Å²) in [7, 11) is -3.43. The van der Waals surface area contributed by atoms with Crippen molar-refractivity contribution in [2.75, 3.05) is 19.4 Å². The molecule has 0 bridgehead atoms. The van der Waals surface area contributed by atoms with Gasteiger partial charge in [0.1, 0.15) is 0 Å². The van der Waals surface area contributed by atoms with Crippen LogP contribution >= 0.6 is 0 Å². The van der Waals surface area contributed by atoms with Gasteiger partial charge in [-0.1, -0.05) is 0 Å². The number of hydrogen-bond acceptors (Lipinski definition) is 4. The Hall–Kier alpha value is -0.620. The van der Waals surface area contributed by atoms with E-state index in [-0.39, 0.29) is 18.4 Å². The number of carbonyl (C=O) groups excluding carboxylic acids is 1. The molecule has 0 radical (unpaired) electrons. The second-order valence-electron chi connectivity index (χ2n) is 3.12. The van der Waals surface area contributed by atoms with Crippen LogP contribution in [-0.4, -0.2) is 33.7 Å². The van der Waals surface area contributed by atoms with Crippen LogP contribution in [0.5, 0.6) is 0 Å². The van der Waals surface area contributed by atoms with Gasteiger partial charge in [-0.2, -0.15) is 8.42 Å². The molecule has 1 aliphatic rings. The predicted molar refractivity (Wildman–Crippen MR) is 46.5 cm³/mol. The van der Waals surface area contributed by atoms with Crippen LogP contribution in [0.1, 0.15) is 12.8 Å². The quantitative estimate of drug-likeness (QED) is 0.632. The lowest BCUT2D eigenvalue weighted by Gasteiger charge is -2.20. The van der Waals surface area contributed by atoms with E-state index < -0.39 is 10.1 Å². The summed E-state index contributed by atoms with van der Waals surface area (Å²) in [5, 5.41) is 2.65. The number of rotatable bonds is 3. The van der Waals surface area contributed by atoms with Gasteiger partial charge >= 0.3 is 0 Å². The number of amides is 1. The third-order valence-corrected chi connectivity index (χ3v) is 2.45. The molecule has 5 nitrogen and oxygen atoms in total. The van der Waals surface area contributed by atoms with Crippen molar-refractivity contribution in [3.8, 4) is 0 Å². The maximum atomic E-state index is 11.1. The Bertz CT molecular complexity index is 285. The van der Waals surface area contributed by atoms with Gasteiger partial charge in [-0.25, -0.2) is 0 Å². The van der Waals surface area contributed by atoms with Gasteiger partial charge in [0.25, 0.3) is 10.1 Å². The summed E-state index contributed by atoms with van der Waals surface area (Å²) < 4.78 is 25.8. The molecule has 1 atom stereocenters. The highest BCUT2D eigenvalue weighted by atomic mass is 32.2. The zero-order valence-electron chi connectivity index (χ0n) is 7.45. The molecule has 0 unspecified atom stereocenters. The zero-order valence-corrected chi connectivity index (χ0v) is 8.26. The summed E-state index contributed by atoms with van der Waals surface area (Å²) in [4.78, 5) is 11.1. The largest absolute Gasteiger partial charge is 0.356 e. The minimum absolute atomic E-state index is 0.0370. The fourth-order valence-corrected chi connectivity index (χ4v) is 1.61. The molecule has 1 saturated heterocycles. The normalized spacial score (nSPS) is 24.1. The van der Waals surface area contributed by atoms with Gasteiger partial charge < -0.3 is 5.32 Å². The van der Waals surface area contributed by atoms with Crippen molar-refractivity contribution in [1.82, 2.24) is 5.32 Å². The summed E-state index contributed by atoms with van der Waals surface area (Å²) in [6.07, 6.45) is 2.55. The molecule has 1 N–H and O–H groups in total. The lowest BCUT2D eigenvalue weighted by atomic mass is 10.0. The molecule has 0 aliphatic carbocycles. The van der Waals surface area contributed by atoms with E-state index in [0.717, 1.165) is 12.7 Å². The summed E-state index contributed by atoms with van der Waals surface area (Å²) in [5.41, 5.74) is 0. The van der Waals surface area contributed by atoms with Gasteiger partial charge in [0.05, 0.1) is 18.8 Å². The summed E-state index contributed by atoms with van der Waals surface area (Å²) in [6.45, 7) is 0.638. The summed E-state index contributed by atoms with van der Waals surface area (Å²) in [6, 6.07) is 0. The van der Waals surface area contributed by atoms with Crippen LogP contribution in [0.25, 0.3) is 0 Å². The van der Waals surface area contributed by atoms with Crippen molar-refractivity contribution in [2.45, 2.75) is 12.8 Å². The summed E-state index contributed by atoms with van der Waals surface area (Å²) >= 11 is 0. The van der Waals surface area contributed by atoms with Crippen LogP contribution in [-0.2, 0) is 19.1 Å². The van der Waals surface area contributed by atoms with Gasteiger partial charge in [-0.05, 0) is 12.8 Å². The third kappa shape index (κ3) is 3.73. The van der Waals surface area contributed by atoms with Gasteiger partial charge in [-0.15, -0.1) is 0 Å². The fourth-order valence-electron chi connectivity index (χ4n) is 1.20. The van der Waals surface area contributed by atoms with Gasteiger partial charge in [0, 0.05) is 6.54 Å². The Morgan fingerprint density at radius 3 is 2.85 bits per heavy atom. The van der Waals surface area contributed by atoms with Crippen molar-refractivity contribution >= 4 is 16.0 Å². The second kappa shape index (κ2) is 4.06. The van der Waals surface area contributed by atoms with Crippen LogP contribution in [0.3, 0.4) is 0 Å². The maximum Gasteiger partial charge on any atom is 0.264 e. The average Bonchev–Trinajstić information content (AvgIpc) is 2.01. The highest BCUT2D eigenvalue weighted by Gasteiger charge is 2.23. The number of carbonyl (C=O) groups is 1. The monoisotopic (exact) mass is 207 g/mol. The van der Waals surface area contributed by atoms with Crippen molar-refractivity contribution in [2.24, 2.45) is 5.92 Å². The zero-order chi connectivity index (χ0) is 9.90. The molecule has 0 aromatic heterocycles. The molecule has 76 valence electrons. The lowest BCUT2D eigenvalue weighted by molar-refractivity contribution is -0.127. The van der Waals surface area contributed by atoms with Crippen LogP contribution in [0.4, 0.5) is 0 Å². The molecule has 1 heterocycles. The molecule has 1 rings (SSSR count). The van der Waals surface area contributed by atoms with E-state index in [1.165, 1.54) is 0 Å². The molecule has 0 aromatic carbocycles. The van der Waals surface area contributed by atoms with Crippen molar-refractivity contribution in [3.63, 3.8) is 0 Å². The Kier molecular flexibility index (Phi) is 3.27. The molecule has 0 saturated carbocycles. The van der Waals surface area contributed by atoms with Crippen molar-refractivity contribution < 1.29 is 17.4 Å². The van der Waals surface area contributed by atoms with Crippen LogP contribution in [0.15, 0.2) is 0 Å². The average molecular weight is 207 g/mol. The first-order valence-corrected chi connectivity index (χ1v) is 5.93. The van der Waals surface area contributed by atoms with E-state index in [1.807, 2.05) is 0 Å². The first-order valence-electron chi connectivity index (χ1n) is 4.11.